The maximum absolute atomic E-state index is 13.0. The minimum Gasteiger partial charge on any atom is -0.475 e. The third-order valence-corrected chi connectivity index (χ3v) is 6.99. The van der Waals surface area contributed by atoms with Gasteiger partial charge in [0.2, 0.25) is 5.91 Å². The molecule has 0 saturated carbocycles. The van der Waals surface area contributed by atoms with E-state index >= 15 is 0 Å². The van der Waals surface area contributed by atoms with Gasteiger partial charge in [0.25, 0.3) is 15.9 Å². The maximum Gasteiger partial charge on any atom is 0.490 e. The second-order valence-electron chi connectivity index (χ2n) is 9.15. The largest absolute Gasteiger partial charge is 0.490 e. The fourth-order valence-corrected chi connectivity index (χ4v) is 4.54. The Kier molecular flexibility index (Phi) is 10.8. The predicted molar refractivity (Wildman–Crippen MR) is 134 cm³/mol. The molecule has 39 heavy (non-hydrogen) atoms. The van der Waals surface area contributed by atoms with E-state index in [1.54, 1.807) is 17.0 Å². The average Bonchev–Trinajstić information content (AvgIpc) is 2.87. The first-order valence-electron chi connectivity index (χ1n) is 11.9. The number of carbonyl (C=O) groups excluding carboxylic acids is 2. The molecule has 14 heteroatoms. The highest BCUT2D eigenvalue weighted by Crippen LogP contribution is 2.21. The summed E-state index contributed by atoms with van der Waals surface area (Å²) in [7, 11) is -3.86. The monoisotopic (exact) mass is 575 g/mol. The van der Waals surface area contributed by atoms with Crippen LogP contribution in [0, 0.1) is 17.7 Å². The van der Waals surface area contributed by atoms with Gasteiger partial charge in [0, 0.05) is 36.8 Å². The number of hydrogen-bond acceptors (Lipinski definition) is 5. The fraction of sp³-hybridized carbons (Fsp3) is 0.400. The molecule has 0 spiro atoms. The van der Waals surface area contributed by atoms with Crippen LogP contribution >= 0.6 is 0 Å². The highest BCUT2D eigenvalue weighted by atomic mass is 32.2. The summed E-state index contributed by atoms with van der Waals surface area (Å²) < 4.78 is 72.0. The lowest BCUT2D eigenvalue weighted by molar-refractivity contribution is -0.192. The van der Waals surface area contributed by atoms with Crippen molar-refractivity contribution in [3.63, 3.8) is 0 Å². The molecule has 0 unspecified atom stereocenters. The molecule has 1 saturated heterocycles. The Bertz CT molecular complexity index is 1240. The molecule has 0 bridgehead atoms. The fourth-order valence-electron chi connectivity index (χ4n) is 3.49. The summed E-state index contributed by atoms with van der Waals surface area (Å²) in [5.41, 5.74) is 0.740. The molecule has 0 aliphatic carbocycles. The van der Waals surface area contributed by atoms with Crippen molar-refractivity contribution >= 4 is 33.5 Å². The number of rotatable bonds is 7. The van der Waals surface area contributed by atoms with E-state index in [4.69, 9.17) is 9.90 Å². The first kappa shape index (κ1) is 31.5. The van der Waals surface area contributed by atoms with Crippen LogP contribution in [-0.2, 0) is 19.6 Å². The Balaban J connectivity index is 0.000000673. The van der Waals surface area contributed by atoms with Crippen LogP contribution in [0.15, 0.2) is 53.4 Å². The van der Waals surface area contributed by atoms with E-state index in [9.17, 15) is 35.6 Å². The number of alkyl halides is 3. The zero-order chi connectivity index (χ0) is 29.4. The number of nitrogens with one attached hydrogen (secondary N) is 2. The SMILES string of the molecule is CC(C)CNC(=O)C1CCN(C(=O)c2ccc(NS(=O)(=O)c3ccc(F)cc3)cc2)CC1.O=C(O)C(F)(F)F. The normalized spacial score (nSPS) is 14.3. The molecular weight excluding hydrogens is 546 g/mol. The molecule has 1 heterocycles. The summed E-state index contributed by atoms with van der Waals surface area (Å²) in [5, 5.41) is 10.1. The summed E-state index contributed by atoms with van der Waals surface area (Å²) in [5.74, 6) is -3.08. The molecule has 2 amide bonds. The molecule has 1 aliphatic rings. The number of sulfonamides is 1. The second-order valence-corrected chi connectivity index (χ2v) is 10.8. The molecule has 214 valence electrons. The number of carboxylic acid groups (broad SMARTS) is 1. The quantitative estimate of drug-likeness (QED) is 0.429. The number of aliphatic carboxylic acids is 1. The molecular formula is C25H29F4N3O6S. The minimum atomic E-state index is -5.08. The molecule has 3 rings (SSSR count). The number of carbonyl (C=O) groups is 3. The van der Waals surface area contributed by atoms with Crippen molar-refractivity contribution in [1.29, 1.82) is 0 Å². The molecule has 9 nitrogen and oxygen atoms in total. The van der Waals surface area contributed by atoms with Crippen molar-refractivity contribution in [2.24, 2.45) is 11.8 Å². The molecule has 1 fully saturated rings. The van der Waals surface area contributed by atoms with Gasteiger partial charge >= 0.3 is 12.1 Å². The summed E-state index contributed by atoms with van der Waals surface area (Å²) in [6.45, 7) is 5.73. The van der Waals surface area contributed by atoms with E-state index in [0.29, 0.717) is 49.6 Å². The zero-order valence-corrected chi connectivity index (χ0v) is 22.0. The summed E-state index contributed by atoms with van der Waals surface area (Å²) >= 11 is 0. The van der Waals surface area contributed by atoms with Crippen LogP contribution in [0.5, 0.6) is 0 Å². The number of carboxylic acids is 1. The Morgan fingerprint density at radius 3 is 1.97 bits per heavy atom. The zero-order valence-electron chi connectivity index (χ0n) is 21.2. The number of benzene rings is 2. The van der Waals surface area contributed by atoms with E-state index in [-0.39, 0.29) is 22.6 Å². The number of likely N-dealkylation sites (tertiary alicyclic amines) is 1. The summed E-state index contributed by atoms with van der Waals surface area (Å²) in [4.78, 5) is 35.6. The average molecular weight is 576 g/mol. The van der Waals surface area contributed by atoms with E-state index in [1.807, 2.05) is 13.8 Å². The molecule has 0 atom stereocenters. The van der Waals surface area contributed by atoms with Crippen LogP contribution in [0.3, 0.4) is 0 Å². The highest BCUT2D eigenvalue weighted by molar-refractivity contribution is 7.92. The predicted octanol–water partition coefficient (Wildman–Crippen LogP) is 3.88. The van der Waals surface area contributed by atoms with Crippen LogP contribution in [0.1, 0.15) is 37.0 Å². The van der Waals surface area contributed by atoms with Crippen molar-refractivity contribution in [3.05, 3.63) is 59.9 Å². The molecule has 3 N–H and O–H groups in total. The Morgan fingerprint density at radius 2 is 1.51 bits per heavy atom. The first-order chi connectivity index (χ1) is 18.1. The number of anilines is 1. The topological polar surface area (TPSA) is 133 Å². The van der Waals surface area contributed by atoms with Crippen molar-refractivity contribution < 1.29 is 45.5 Å². The Hall–Kier alpha value is -3.68. The van der Waals surface area contributed by atoms with Crippen LogP contribution < -0.4 is 10.0 Å². The summed E-state index contributed by atoms with van der Waals surface area (Å²) in [6.07, 6.45) is -3.85. The summed E-state index contributed by atoms with van der Waals surface area (Å²) in [6, 6.07) is 10.7. The molecule has 0 radical (unpaired) electrons. The number of hydrogen-bond donors (Lipinski definition) is 3. The van der Waals surface area contributed by atoms with Crippen molar-refractivity contribution in [2.45, 2.75) is 37.8 Å². The highest BCUT2D eigenvalue weighted by Gasteiger charge is 2.38. The van der Waals surface area contributed by atoms with Crippen LogP contribution in [-0.4, -0.2) is 62.0 Å². The van der Waals surface area contributed by atoms with E-state index in [1.165, 1.54) is 24.3 Å². The van der Waals surface area contributed by atoms with Gasteiger partial charge in [-0.15, -0.1) is 0 Å². The lowest BCUT2D eigenvalue weighted by Crippen LogP contribution is -2.43. The van der Waals surface area contributed by atoms with Gasteiger partial charge in [-0.25, -0.2) is 17.6 Å². The van der Waals surface area contributed by atoms with Crippen LogP contribution in [0.4, 0.5) is 23.2 Å². The molecule has 1 aliphatic heterocycles. The van der Waals surface area contributed by atoms with Gasteiger partial charge in [0.1, 0.15) is 5.82 Å². The number of amides is 2. The maximum atomic E-state index is 13.0. The van der Waals surface area contributed by atoms with Gasteiger partial charge in [0.15, 0.2) is 0 Å². The lowest BCUT2D eigenvalue weighted by atomic mass is 9.95. The van der Waals surface area contributed by atoms with E-state index in [2.05, 4.69) is 10.0 Å². The number of piperidine rings is 1. The molecule has 0 aromatic heterocycles. The Labute approximate surface area is 223 Å². The number of nitrogens with zero attached hydrogens (tertiary/aromatic N) is 1. The van der Waals surface area contributed by atoms with Gasteiger partial charge in [0.05, 0.1) is 4.90 Å². The second kappa shape index (κ2) is 13.4. The lowest BCUT2D eigenvalue weighted by Gasteiger charge is -2.31. The third kappa shape index (κ3) is 9.85. The first-order valence-corrected chi connectivity index (χ1v) is 13.3. The van der Waals surface area contributed by atoms with Crippen molar-refractivity contribution in [1.82, 2.24) is 10.2 Å². The standard InChI is InChI=1S/C23H28FN3O4S.C2HF3O2/c1-16(2)15-25-22(28)17-11-13-27(14-12-17)23(29)18-3-7-20(8-4-18)26-32(30,31)21-9-5-19(24)6-10-21;3-2(4,5)1(6)7/h3-10,16-17,26H,11-15H2,1-2H3,(H,25,28);(H,6,7). The van der Waals surface area contributed by atoms with Gasteiger partial charge in [-0.2, -0.15) is 13.2 Å². The van der Waals surface area contributed by atoms with Gasteiger partial charge < -0.3 is 15.3 Å². The van der Waals surface area contributed by atoms with Gasteiger partial charge in [-0.3, -0.25) is 14.3 Å². The smallest absolute Gasteiger partial charge is 0.475 e. The molecule has 2 aromatic rings. The van der Waals surface area contributed by atoms with E-state index in [0.717, 1.165) is 12.1 Å². The van der Waals surface area contributed by atoms with Gasteiger partial charge in [-0.1, -0.05) is 13.8 Å². The van der Waals surface area contributed by atoms with E-state index < -0.39 is 28.0 Å². The Morgan fingerprint density at radius 1 is 1.00 bits per heavy atom. The molecule has 2 aromatic carbocycles. The van der Waals surface area contributed by atoms with Crippen LogP contribution in [0.25, 0.3) is 0 Å². The van der Waals surface area contributed by atoms with Crippen LogP contribution in [0.2, 0.25) is 0 Å². The van der Waals surface area contributed by atoms with Crippen molar-refractivity contribution in [3.8, 4) is 0 Å². The minimum absolute atomic E-state index is 0.0450. The number of halogens is 4. The van der Waals surface area contributed by atoms with Gasteiger partial charge in [-0.05, 0) is 67.3 Å². The third-order valence-electron chi connectivity index (χ3n) is 5.59. The van der Waals surface area contributed by atoms with Crippen molar-refractivity contribution in [2.75, 3.05) is 24.4 Å².